The molecule has 0 aliphatic heterocycles. The summed E-state index contributed by atoms with van der Waals surface area (Å²) in [6.45, 7) is 5.59. The summed E-state index contributed by atoms with van der Waals surface area (Å²) in [4.78, 5) is 12.9. The summed E-state index contributed by atoms with van der Waals surface area (Å²) < 4.78 is 13.6. The van der Waals surface area contributed by atoms with E-state index in [1.165, 1.54) is 0 Å². The monoisotopic (exact) mass is 286 g/mol. The Balaban J connectivity index is 2.61. The second-order valence-electron chi connectivity index (χ2n) is 5.79. The molecule has 1 unspecified atom stereocenters. The van der Waals surface area contributed by atoms with Crippen molar-refractivity contribution in [3.63, 3.8) is 0 Å². The average Bonchev–Trinajstić information content (AvgIpc) is 2.46. The summed E-state index contributed by atoms with van der Waals surface area (Å²) >= 11 is 0. The molecule has 0 fully saturated rings. The van der Waals surface area contributed by atoms with E-state index in [9.17, 15) is 9.36 Å². The van der Waals surface area contributed by atoms with E-state index in [1.54, 1.807) is 36.4 Å². The van der Waals surface area contributed by atoms with Gasteiger partial charge in [0.05, 0.1) is 0 Å². The van der Waals surface area contributed by atoms with Gasteiger partial charge in [-0.05, 0) is 0 Å². The highest BCUT2D eigenvalue weighted by atomic mass is 31.2. The lowest BCUT2D eigenvalue weighted by molar-refractivity contribution is 0.107. The van der Waals surface area contributed by atoms with Crippen LogP contribution < -0.4 is 5.30 Å². The largest absolute Gasteiger partial charge is 0.310 e. The van der Waals surface area contributed by atoms with Crippen LogP contribution in [0.3, 0.4) is 0 Å². The van der Waals surface area contributed by atoms with Crippen molar-refractivity contribution in [3.8, 4) is 0 Å². The Labute approximate surface area is 120 Å². The minimum atomic E-state index is -3.21. The van der Waals surface area contributed by atoms with Crippen LogP contribution >= 0.6 is 7.14 Å². The van der Waals surface area contributed by atoms with Gasteiger partial charge in [0.1, 0.15) is 0 Å². The maximum absolute atomic E-state index is 13.6. The van der Waals surface area contributed by atoms with Crippen molar-refractivity contribution >= 4 is 18.0 Å². The smallest absolute Gasteiger partial charge is 0.226 e. The molecule has 2 rings (SSSR count). The van der Waals surface area contributed by atoms with Crippen LogP contribution in [0.25, 0.3) is 0 Å². The molecule has 0 saturated carbocycles. The van der Waals surface area contributed by atoms with Gasteiger partial charge in [-0.2, -0.15) is 0 Å². The molecule has 104 valence electrons. The van der Waals surface area contributed by atoms with Crippen LogP contribution in [0.4, 0.5) is 0 Å². The van der Waals surface area contributed by atoms with Gasteiger partial charge in [-0.1, -0.05) is 81.4 Å². The summed E-state index contributed by atoms with van der Waals surface area (Å²) in [6.07, 6.45) is 0. The molecule has 2 nitrogen and oxygen atoms in total. The van der Waals surface area contributed by atoms with Crippen molar-refractivity contribution < 1.29 is 9.36 Å². The molecule has 0 N–H and O–H groups in total. The molecule has 2 aromatic rings. The van der Waals surface area contributed by atoms with Crippen LogP contribution in [0.5, 0.6) is 0 Å². The Hall–Kier alpha value is -1.66. The van der Waals surface area contributed by atoms with Gasteiger partial charge in [0.15, 0.2) is 7.14 Å². The van der Waals surface area contributed by atoms with Crippen LogP contribution in [-0.4, -0.2) is 10.7 Å². The molecule has 0 amide bonds. The molecule has 0 heterocycles. The Morgan fingerprint density at radius 2 is 1.30 bits per heavy atom. The lowest BCUT2D eigenvalue weighted by Crippen LogP contribution is -2.28. The minimum absolute atomic E-state index is 0.267. The Kier molecular flexibility index (Phi) is 3.96. The van der Waals surface area contributed by atoms with Gasteiger partial charge in [-0.25, -0.2) is 0 Å². The molecule has 20 heavy (non-hydrogen) atoms. The fourth-order valence-corrected chi connectivity index (χ4v) is 4.93. The van der Waals surface area contributed by atoms with Gasteiger partial charge in [0.25, 0.3) is 0 Å². The molecule has 1 atom stereocenters. The summed E-state index contributed by atoms with van der Waals surface area (Å²) in [5.74, 6) is 0. The second-order valence-corrected chi connectivity index (χ2v) is 9.27. The highest BCUT2D eigenvalue weighted by Crippen LogP contribution is 2.58. The van der Waals surface area contributed by atoms with Gasteiger partial charge >= 0.3 is 0 Å². The first-order valence-electron chi connectivity index (χ1n) is 6.63. The van der Waals surface area contributed by atoms with Crippen molar-refractivity contribution in [2.24, 2.45) is 0 Å². The summed E-state index contributed by atoms with van der Waals surface area (Å²) in [6, 6.07) is 18.0. The standard InChI is InChI=1S/C17H19O2P/c1-17(2,3)20(19,15-12-8-5-9-13-15)16(18)14-10-6-4-7-11-14/h4-13H,1-3H3. The van der Waals surface area contributed by atoms with Crippen LogP contribution in [0.15, 0.2) is 60.7 Å². The molecule has 2 aromatic carbocycles. The lowest BCUT2D eigenvalue weighted by Gasteiger charge is -2.30. The zero-order valence-electron chi connectivity index (χ0n) is 12.0. The topological polar surface area (TPSA) is 34.1 Å². The van der Waals surface area contributed by atoms with Crippen molar-refractivity contribution in [3.05, 3.63) is 66.2 Å². The fraction of sp³-hybridized carbons (Fsp3) is 0.235. The zero-order valence-corrected chi connectivity index (χ0v) is 12.9. The zero-order chi connectivity index (χ0) is 14.8. The van der Waals surface area contributed by atoms with Crippen LogP contribution in [0, 0.1) is 0 Å². The SMILES string of the molecule is CC(C)(C)P(=O)(C(=O)c1ccccc1)c1ccccc1. The molecule has 3 heteroatoms. The number of hydrogen-bond donors (Lipinski definition) is 0. The molecule has 0 bridgehead atoms. The van der Waals surface area contributed by atoms with Gasteiger partial charge in [-0.15, -0.1) is 0 Å². The van der Waals surface area contributed by atoms with Gasteiger partial charge in [-0.3, -0.25) is 4.79 Å². The van der Waals surface area contributed by atoms with Gasteiger partial charge in [0, 0.05) is 16.0 Å². The number of carbonyl (C=O) groups is 1. The average molecular weight is 286 g/mol. The quantitative estimate of drug-likeness (QED) is 0.788. The van der Waals surface area contributed by atoms with E-state index in [1.807, 2.05) is 45.0 Å². The van der Waals surface area contributed by atoms with Crippen molar-refractivity contribution in [2.45, 2.75) is 25.9 Å². The lowest BCUT2D eigenvalue weighted by atomic mass is 10.2. The predicted molar refractivity (Wildman–Crippen MR) is 84.2 cm³/mol. The summed E-state index contributed by atoms with van der Waals surface area (Å²) in [5, 5.41) is 0.0164. The third kappa shape index (κ3) is 2.48. The first-order chi connectivity index (χ1) is 9.37. The number of benzene rings is 2. The molecule has 0 aliphatic rings. The maximum atomic E-state index is 13.6. The summed E-state index contributed by atoms with van der Waals surface area (Å²) in [7, 11) is -3.21. The van der Waals surface area contributed by atoms with E-state index in [0.29, 0.717) is 10.9 Å². The highest BCUT2D eigenvalue weighted by molar-refractivity contribution is 7.88. The number of carbonyl (C=O) groups excluding carboxylic acids is 1. The van der Waals surface area contributed by atoms with Crippen molar-refractivity contribution in [1.29, 1.82) is 0 Å². The molecule has 0 aromatic heterocycles. The van der Waals surface area contributed by atoms with Crippen molar-refractivity contribution in [2.75, 3.05) is 0 Å². The van der Waals surface area contributed by atoms with Gasteiger partial charge < -0.3 is 4.57 Å². The fourth-order valence-electron chi connectivity index (χ4n) is 2.21. The van der Waals surface area contributed by atoms with E-state index in [-0.39, 0.29) is 5.52 Å². The van der Waals surface area contributed by atoms with E-state index in [0.717, 1.165) is 0 Å². The molecule has 0 aliphatic carbocycles. The predicted octanol–water partition coefficient (Wildman–Crippen LogP) is 4.31. The Morgan fingerprint density at radius 3 is 1.75 bits per heavy atom. The first-order valence-corrected chi connectivity index (χ1v) is 8.34. The van der Waals surface area contributed by atoms with Crippen LogP contribution in [0.1, 0.15) is 31.1 Å². The number of rotatable bonds is 3. The number of hydrogen-bond acceptors (Lipinski definition) is 2. The van der Waals surface area contributed by atoms with E-state index < -0.39 is 12.3 Å². The summed E-state index contributed by atoms with van der Waals surface area (Å²) in [5.41, 5.74) is 0.242. The van der Waals surface area contributed by atoms with Crippen LogP contribution in [-0.2, 0) is 4.57 Å². The molecular weight excluding hydrogens is 267 g/mol. The van der Waals surface area contributed by atoms with Crippen LogP contribution in [0.2, 0.25) is 0 Å². The van der Waals surface area contributed by atoms with Gasteiger partial charge in [0.2, 0.25) is 5.52 Å². The minimum Gasteiger partial charge on any atom is -0.310 e. The molecular formula is C17H19O2P. The molecule has 0 spiro atoms. The normalized spacial score (nSPS) is 14.6. The van der Waals surface area contributed by atoms with Crippen molar-refractivity contribution in [1.82, 2.24) is 0 Å². The maximum Gasteiger partial charge on any atom is 0.226 e. The third-order valence-electron chi connectivity index (χ3n) is 3.37. The molecule has 0 saturated heterocycles. The van der Waals surface area contributed by atoms with E-state index in [2.05, 4.69) is 0 Å². The molecule has 0 radical (unpaired) electrons. The van der Waals surface area contributed by atoms with E-state index in [4.69, 9.17) is 0 Å². The Morgan fingerprint density at radius 1 is 0.850 bits per heavy atom. The second kappa shape index (κ2) is 5.38. The third-order valence-corrected chi connectivity index (χ3v) is 7.12. The Bertz CT molecular complexity index is 640. The highest BCUT2D eigenvalue weighted by Gasteiger charge is 2.44. The van der Waals surface area contributed by atoms with E-state index >= 15 is 0 Å². The first kappa shape index (κ1) is 14.7.